The van der Waals surface area contributed by atoms with Crippen LogP contribution in [0.15, 0.2) is 77.9 Å². The third-order valence-electron chi connectivity index (χ3n) is 8.72. The Labute approximate surface area is 292 Å². The number of nitrogens with zero attached hydrogens (tertiary/aromatic N) is 1. The highest BCUT2D eigenvalue weighted by Crippen LogP contribution is 2.29. The summed E-state index contributed by atoms with van der Waals surface area (Å²) in [6, 6.07) is 21.4. The molecule has 0 unspecified atom stereocenters. The number of amides is 4. The van der Waals surface area contributed by atoms with Gasteiger partial charge in [0.25, 0.3) is 5.91 Å². The van der Waals surface area contributed by atoms with Gasteiger partial charge in [-0.05, 0) is 99.4 Å². The Kier molecular flexibility index (Phi) is 11.7. The molecule has 1 aliphatic heterocycles. The fraction of sp³-hybridized carbons (Fsp3) is 0.378. The highest BCUT2D eigenvalue weighted by atomic mass is 16.6. The van der Waals surface area contributed by atoms with Gasteiger partial charge in [0.2, 0.25) is 11.8 Å². The van der Waals surface area contributed by atoms with Crippen LogP contribution in [0.5, 0.6) is 0 Å². The van der Waals surface area contributed by atoms with E-state index in [1.54, 1.807) is 25.2 Å². The lowest BCUT2D eigenvalue weighted by Gasteiger charge is -2.29. The summed E-state index contributed by atoms with van der Waals surface area (Å²) in [5, 5.41) is 15.6. The molecule has 0 saturated heterocycles. The van der Waals surface area contributed by atoms with E-state index in [-0.39, 0.29) is 36.0 Å². The molecule has 2 aliphatic rings. The molecule has 0 bridgehead atoms. The lowest BCUT2D eigenvalue weighted by Crippen LogP contribution is -2.48. The van der Waals surface area contributed by atoms with Crippen molar-refractivity contribution in [2.24, 2.45) is 16.9 Å². The number of nitrogens with one attached hydrogen (secondary N) is 7. The largest absolute Gasteiger partial charge is 0.444 e. The Bertz CT molecular complexity index is 1690. The number of benzene rings is 3. The molecule has 1 fully saturated rings. The molecule has 1 aliphatic carbocycles. The summed E-state index contributed by atoms with van der Waals surface area (Å²) >= 11 is 0. The van der Waals surface area contributed by atoms with E-state index in [0.717, 1.165) is 35.1 Å². The second-order valence-corrected chi connectivity index (χ2v) is 13.6. The van der Waals surface area contributed by atoms with Crippen molar-refractivity contribution in [1.82, 2.24) is 32.4 Å². The minimum atomic E-state index is -0.841. The van der Waals surface area contributed by atoms with Gasteiger partial charge in [0.1, 0.15) is 11.6 Å². The Balaban J connectivity index is 1.25. The molecule has 7 N–H and O–H groups in total. The van der Waals surface area contributed by atoms with Crippen LogP contribution in [0.3, 0.4) is 0 Å². The number of carbonyl (C=O) groups is 4. The molecule has 4 amide bonds. The monoisotopic (exact) mass is 682 g/mol. The van der Waals surface area contributed by atoms with Crippen LogP contribution in [0.2, 0.25) is 0 Å². The number of hydrogen-bond donors (Lipinski definition) is 7. The first-order valence-corrected chi connectivity index (χ1v) is 16.9. The maximum atomic E-state index is 13.7. The third-order valence-corrected chi connectivity index (χ3v) is 8.72. The molecule has 0 spiro atoms. The molecule has 1 heterocycles. The van der Waals surface area contributed by atoms with Gasteiger partial charge < -0.3 is 26.0 Å². The predicted molar refractivity (Wildman–Crippen MR) is 192 cm³/mol. The minimum absolute atomic E-state index is 0.166. The van der Waals surface area contributed by atoms with Gasteiger partial charge in [-0.1, -0.05) is 42.5 Å². The molecular formula is C37H46N8O5. The zero-order valence-corrected chi connectivity index (χ0v) is 28.9. The summed E-state index contributed by atoms with van der Waals surface area (Å²) in [7, 11) is 1.60. The smallest absolute Gasteiger partial charge is 0.407 e. The summed E-state index contributed by atoms with van der Waals surface area (Å²) in [5.41, 5.74) is 12.1. The first-order valence-electron chi connectivity index (χ1n) is 16.9. The molecule has 3 aromatic rings. The fourth-order valence-electron chi connectivity index (χ4n) is 6.07. The SMILES string of the molecule is CNC(=O)c1ccccc1-c1ccc(C[C@H](NC(=O)C2CCC(CNC(=O)OC(C)(C)C)CC2)C(=O)Nc2ccc(C3=NNNN3)cc2)cc1. The summed E-state index contributed by atoms with van der Waals surface area (Å²) < 4.78 is 5.34. The number of ether oxygens (including phenoxy) is 1. The van der Waals surface area contributed by atoms with E-state index in [4.69, 9.17) is 4.74 Å². The summed E-state index contributed by atoms with van der Waals surface area (Å²) in [5.74, 6) is -0.0582. The average Bonchev–Trinajstić information content (AvgIpc) is 3.65. The van der Waals surface area contributed by atoms with Crippen molar-refractivity contribution in [2.45, 2.75) is 64.5 Å². The number of carbonyl (C=O) groups excluding carboxylic acids is 4. The van der Waals surface area contributed by atoms with Crippen molar-refractivity contribution in [2.75, 3.05) is 18.9 Å². The summed E-state index contributed by atoms with van der Waals surface area (Å²) in [4.78, 5) is 51.9. The van der Waals surface area contributed by atoms with Crippen LogP contribution in [0.4, 0.5) is 10.5 Å². The number of anilines is 1. The molecule has 264 valence electrons. The van der Waals surface area contributed by atoms with Crippen LogP contribution in [0, 0.1) is 11.8 Å². The molecule has 1 atom stereocenters. The Morgan fingerprint density at radius 2 is 1.58 bits per heavy atom. The highest BCUT2D eigenvalue weighted by Gasteiger charge is 2.30. The number of hydrazone groups is 1. The second kappa shape index (κ2) is 16.3. The van der Waals surface area contributed by atoms with Gasteiger partial charge in [-0.15, -0.1) is 10.6 Å². The van der Waals surface area contributed by atoms with Crippen LogP contribution in [-0.4, -0.2) is 54.9 Å². The summed E-state index contributed by atoms with van der Waals surface area (Å²) in [6.45, 7) is 5.96. The number of hydrazine groups is 2. The molecule has 1 saturated carbocycles. The standard InChI is InChI=1S/C37H46N8O5/c1-37(2,3)50-36(49)39-22-24-11-15-27(16-12-24)33(46)41-31(35(48)40-28-19-17-26(18-20-28)32-42-44-45-43-32)21-23-9-13-25(14-10-23)29-7-5-6-8-30(29)34(47)38-4/h5-10,13-14,17-20,24,27,31,44-45H,11-12,15-16,21-22H2,1-4H3,(H,38,47)(H,39,49)(H,40,48)(H,41,46)(H,42,43)/t24?,27?,31-/m0/s1. The van der Waals surface area contributed by atoms with Crippen molar-refractivity contribution >= 4 is 35.3 Å². The Morgan fingerprint density at radius 1 is 0.900 bits per heavy atom. The predicted octanol–water partition coefficient (Wildman–Crippen LogP) is 3.98. The molecule has 13 nitrogen and oxygen atoms in total. The van der Waals surface area contributed by atoms with E-state index < -0.39 is 17.7 Å². The minimum Gasteiger partial charge on any atom is -0.444 e. The third kappa shape index (κ3) is 9.82. The molecule has 0 aromatic heterocycles. The topological polar surface area (TPSA) is 174 Å². The number of hydrogen-bond acceptors (Lipinski definition) is 9. The molecular weight excluding hydrogens is 636 g/mol. The molecule has 50 heavy (non-hydrogen) atoms. The van der Waals surface area contributed by atoms with E-state index in [1.807, 2.05) is 75.4 Å². The van der Waals surface area contributed by atoms with Crippen molar-refractivity contribution in [1.29, 1.82) is 0 Å². The Morgan fingerprint density at radius 3 is 2.22 bits per heavy atom. The highest BCUT2D eigenvalue weighted by molar-refractivity contribution is 6.01. The number of alkyl carbamates (subject to hydrolysis) is 1. The van der Waals surface area contributed by atoms with Gasteiger partial charge in [0, 0.05) is 42.7 Å². The van der Waals surface area contributed by atoms with Crippen LogP contribution < -0.4 is 37.8 Å². The first-order chi connectivity index (χ1) is 24.0. The van der Waals surface area contributed by atoms with E-state index in [0.29, 0.717) is 36.5 Å². The van der Waals surface area contributed by atoms with Crippen molar-refractivity contribution < 1.29 is 23.9 Å². The average molecular weight is 683 g/mol. The van der Waals surface area contributed by atoms with E-state index >= 15 is 0 Å². The first kappa shape index (κ1) is 35.9. The lowest BCUT2D eigenvalue weighted by atomic mass is 9.81. The van der Waals surface area contributed by atoms with Crippen molar-refractivity contribution in [3.63, 3.8) is 0 Å². The van der Waals surface area contributed by atoms with Crippen LogP contribution in [0.25, 0.3) is 11.1 Å². The molecule has 13 heteroatoms. The van der Waals surface area contributed by atoms with Gasteiger partial charge in [-0.25, -0.2) is 10.3 Å². The quantitative estimate of drug-likeness (QED) is 0.159. The van der Waals surface area contributed by atoms with Crippen LogP contribution >= 0.6 is 0 Å². The zero-order chi connectivity index (χ0) is 35.7. The van der Waals surface area contributed by atoms with E-state index in [1.165, 1.54) is 0 Å². The lowest BCUT2D eigenvalue weighted by molar-refractivity contribution is -0.130. The van der Waals surface area contributed by atoms with Gasteiger partial charge in [0.15, 0.2) is 5.84 Å². The zero-order valence-electron chi connectivity index (χ0n) is 28.9. The Hall–Kier alpha value is -5.43. The maximum Gasteiger partial charge on any atom is 0.407 e. The van der Waals surface area contributed by atoms with Gasteiger partial charge in [0.05, 0.1) is 0 Å². The van der Waals surface area contributed by atoms with E-state index in [2.05, 4.69) is 42.9 Å². The van der Waals surface area contributed by atoms with E-state index in [9.17, 15) is 19.2 Å². The fourth-order valence-corrected chi connectivity index (χ4v) is 6.07. The second-order valence-electron chi connectivity index (χ2n) is 13.6. The molecule has 5 rings (SSSR count). The van der Waals surface area contributed by atoms with Crippen LogP contribution in [-0.2, 0) is 20.7 Å². The van der Waals surface area contributed by atoms with Gasteiger partial charge >= 0.3 is 6.09 Å². The normalized spacial score (nSPS) is 17.6. The molecule has 0 radical (unpaired) electrons. The maximum absolute atomic E-state index is 13.7. The number of rotatable bonds is 11. The van der Waals surface area contributed by atoms with Crippen molar-refractivity contribution in [3.8, 4) is 11.1 Å². The van der Waals surface area contributed by atoms with Crippen LogP contribution in [0.1, 0.15) is 67.9 Å². The van der Waals surface area contributed by atoms with Gasteiger partial charge in [-0.3, -0.25) is 19.8 Å². The van der Waals surface area contributed by atoms with Gasteiger partial charge in [-0.2, -0.15) is 0 Å². The van der Waals surface area contributed by atoms with Crippen molar-refractivity contribution in [3.05, 3.63) is 89.5 Å². The summed E-state index contributed by atoms with van der Waals surface area (Å²) in [6.07, 6.45) is 2.69. The number of amidine groups is 1. The molecule has 3 aromatic carbocycles.